The number of para-hydroxylation sites is 2. The first kappa shape index (κ1) is 24.7. The van der Waals surface area contributed by atoms with E-state index in [1.54, 1.807) is 56.6 Å². The molecule has 3 aromatic carbocycles. The Morgan fingerprint density at radius 2 is 1.53 bits per heavy atom. The molecule has 4 rings (SSSR count). The summed E-state index contributed by atoms with van der Waals surface area (Å²) in [6, 6.07) is 20.1. The molecule has 0 radical (unpaired) electrons. The molecule has 0 spiro atoms. The van der Waals surface area contributed by atoms with Crippen molar-refractivity contribution in [2.45, 2.75) is 20.0 Å². The van der Waals surface area contributed by atoms with Crippen LogP contribution in [-0.4, -0.2) is 37.2 Å². The Morgan fingerprint density at radius 1 is 0.861 bits per heavy atom. The number of aromatic nitrogens is 1. The number of H-pyrrole nitrogens is 1. The number of fused-ring (bicyclic) bond motifs is 1. The van der Waals surface area contributed by atoms with Gasteiger partial charge in [0.2, 0.25) is 0 Å². The molecule has 8 nitrogen and oxygen atoms in total. The third-order valence-electron chi connectivity index (χ3n) is 5.92. The van der Waals surface area contributed by atoms with Crippen molar-refractivity contribution >= 4 is 22.6 Å². The highest BCUT2D eigenvalue weighted by atomic mass is 16.5. The minimum absolute atomic E-state index is 0.0917. The molecule has 2 N–H and O–H groups in total. The molecule has 0 aliphatic rings. The number of pyridine rings is 1. The minimum Gasteiger partial charge on any atom is -0.495 e. The van der Waals surface area contributed by atoms with E-state index in [0.717, 1.165) is 16.5 Å². The van der Waals surface area contributed by atoms with Crippen molar-refractivity contribution in [3.8, 4) is 17.2 Å². The Balaban J connectivity index is 1.69. The summed E-state index contributed by atoms with van der Waals surface area (Å²) >= 11 is 0. The highest BCUT2D eigenvalue weighted by molar-refractivity contribution is 5.91. The largest absolute Gasteiger partial charge is 0.495 e. The van der Waals surface area contributed by atoms with Crippen LogP contribution in [0.1, 0.15) is 16.7 Å². The van der Waals surface area contributed by atoms with E-state index in [9.17, 15) is 9.59 Å². The summed E-state index contributed by atoms with van der Waals surface area (Å²) in [7, 11) is 4.65. The van der Waals surface area contributed by atoms with Gasteiger partial charge in [-0.25, -0.2) is 4.79 Å². The fourth-order valence-corrected chi connectivity index (χ4v) is 3.96. The summed E-state index contributed by atoms with van der Waals surface area (Å²) in [4.78, 5) is 30.9. The van der Waals surface area contributed by atoms with Gasteiger partial charge in [-0.15, -0.1) is 0 Å². The van der Waals surface area contributed by atoms with E-state index in [1.165, 1.54) is 0 Å². The monoisotopic (exact) mass is 487 g/mol. The molecule has 4 aromatic rings. The van der Waals surface area contributed by atoms with Crippen molar-refractivity contribution < 1.29 is 19.0 Å². The first-order valence-corrected chi connectivity index (χ1v) is 11.4. The fourth-order valence-electron chi connectivity index (χ4n) is 3.96. The Bertz CT molecular complexity index is 1430. The van der Waals surface area contributed by atoms with Gasteiger partial charge in [-0.2, -0.15) is 0 Å². The van der Waals surface area contributed by atoms with Gasteiger partial charge in [-0.3, -0.25) is 4.79 Å². The van der Waals surface area contributed by atoms with Gasteiger partial charge in [0.25, 0.3) is 5.56 Å². The molecule has 0 atom stereocenters. The number of hydrogen-bond donors (Lipinski definition) is 2. The average molecular weight is 488 g/mol. The van der Waals surface area contributed by atoms with Crippen molar-refractivity contribution in [3.05, 3.63) is 93.8 Å². The number of aryl methyl sites for hydroxylation is 1. The Morgan fingerprint density at radius 3 is 2.22 bits per heavy atom. The molecule has 0 aliphatic carbocycles. The van der Waals surface area contributed by atoms with E-state index in [2.05, 4.69) is 10.3 Å². The summed E-state index contributed by atoms with van der Waals surface area (Å²) < 4.78 is 16.1. The van der Waals surface area contributed by atoms with E-state index < -0.39 is 0 Å². The summed E-state index contributed by atoms with van der Waals surface area (Å²) in [6.45, 7) is 2.41. The van der Waals surface area contributed by atoms with Crippen LogP contribution in [0.15, 0.2) is 71.5 Å². The highest BCUT2D eigenvalue weighted by Crippen LogP contribution is 2.31. The smallest absolute Gasteiger partial charge is 0.322 e. The second-order valence-electron chi connectivity index (χ2n) is 8.39. The number of carbonyl (C=O) groups excluding carboxylic acids is 1. The Kier molecular flexibility index (Phi) is 7.44. The van der Waals surface area contributed by atoms with E-state index >= 15 is 0 Å². The molecule has 1 heterocycles. The van der Waals surface area contributed by atoms with Crippen LogP contribution >= 0.6 is 0 Å². The predicted molar refractivity (Wildman–Crippen MR) is 140 cm³/mol. The highest BCUT2D eigenvalue weighted by Gasteiger charge is 2.19. The first-order chi connectivity index (χ1) is 17.4. The standard InChI is InChI=1S/C28H29N3O5/c1-18-9-11-19(12-10-18)16-31(28(33)30-22-7-5-6-8-24(22)34-2)17-21-13-20-14-25(35-3)26(36-4)15-23(20)29-27(21)32/h5-15H,16-17H2,1-4H3,(H,29,32)(H,30,33). The lowest BCUT2D eigenvalue weighted by atomic mass is 10.1. The maximum absolute atomic E-state index is 13.4. The van der Waals surface area contributed by atoms with Crippen LogP contribution in [0, 0.1) is 6.92 Å². The molecule has 36 heavy (non-hydrogen) atoms. The first-order valence-electron chi connectivity index (χ1n) is 11.4. The number of nitrogens with zero attached hydrogens (tertiary/aromatic N) is 1. The number of urea groups is 1. The second kappa shape index (κ2) is 10.9. The zero-order valence-corrected chi connectivity index (χ0v) is 20.8. The maximum Gasteiger partial charge on any atom is 0.322 e. The number of anilines is 1. The minimum atomic E-state index is -0.355. The van der Waals surface area contributed by atoms with Crippen molar-refractivity contribution in [2.24, 2.45) is 0 Å². The lowest BCUT2D eigenvalue weighted by Crippen LogP contribution is -2.35. The fraction of sp³-hybridized carbons (Fsp3) is 0.214. The molecule has 0 bridgehead atoms. The summed E-state index contributed by atoms with van der Waals surface area (Å²) in [6.07, 6.45) is 0. The van der Waals surface area contributed by atoms with Crippen LogP contribution in [0.5, 0.6) is 17.2 Å². The van der Waals surface area contributed by atoms with Gasteiger partial charge in [0.15, 0.2) is 11.5 Å². The van der Waals surface area contributed by atoms with Crippen molar-refractivity contribution in [1.29, 1.82) is 0 Å². The second-order valence-corrected chi connectivity index (χ2v) is 8.39. The molecule has 0 fully saturated rings. The number of amides is 2. The van der Waals surface area contributed by atoms with Crippen molar-refractivity contribution in [2.75, 3.05) is 26.6 Å². The van der Waals surface area contributed by atoms with Gasteiger partial charge in [0, 0.05) is 23.6 Å². The molecular formula is C28H29N3O5. The van der Waals surface area contributed by atoms with Crippen molar-refractivity contribution in [1.82, 2.24) is 9.88 Å². The molecule has 186 valence electrons. The van der Waals surface area contributed by atoms with Crippen molar-refractivity contribution in [3.63, 3.8) is 0 Å². The van der Waals surface area contributed by atoms with Crippen LogP contribution < -0.4 is 25.1 Å². The number of ether oxygens (including phenoxy) is 3. The van der Waals surface area contributed by atoms with Crippen LogP contribution in [0.4, 0.5) is 10.5 Å². The number of rotatable bonds is 8. The molecule has 0 aliphatic heterocycles. The van der Waals surface area contributed by atoms with Crippen LogP contribution in [0.25, 0.3) is 10.9 Å². The molecule has 8 heteroatoms. The normalized spacial score (nSPS) is 10.7. The third-order valence-corrected chi connectivity index (χ3v) is 5.92. The summed E-state index contributed by atoms with van der Waals surface area (Å²) in [5, 5.41) is 3.68. The SMILES string of the molecule is COc1ccccc1NC(=O)N(Cc1ccc(C)cc1)Cc1cc2cc(OC)c(OC)cc2[nH]c1=O. The average Bonchev–Trinajstić information content (AvgIpc) is 2.89. The van der Waals surface area contributed by atoms with Gasteiger partial charge < -0.3 is 29.4 Å². The number of hydrogen-bond acceptors (Lipinski definition) is 5. The molecule has 0 unspecified atom stereocenters. The number of aromatic amines is 1. The van der Waals surface area contributed by atoms with E-state index in [0.29, 0.717) is 40.6 Å². The zero-order chi connectivity index (χ0) is 25.7. The zero-order valence-electron chi connectivity index (χ0n) is 20.8. The van der Waals surface area contributed by atoms with Gasteiger partial charge in [-0.1, -0.05) is 42.0 Å². The maximum atomic E-state index is 13.4. The van der Waals surface area contributed by atoms with E-state index in [4.69, 9.17) is 14.2 Å². The van der Waals surface area contributed by atoms with E-state index in [-0.39, 0.29) is 18.1 Å². The van der Waals surface area contributed by atoms with Crippen LogP contribution in [0.2, 0.25) is 0 Å². The van der Waals surface area contributed by atoms with E-state index in [1.807, 2.05) is 43.3 Å². The Hall–Kier alpha value is -4.46. The molecule has 0 saturated carbocycles. The van der Waals surface area contributed by atoms with Gasteiger partial charge in [-0.05, 0) is 36.8 Å². The van der Waals surface area contributed by atoms with Gasteiger partial charge in [0.1, 0.15) is 5.75 Å². The number of carbonyl (C=O) groups is 1. The lowest BCUT2D eigenvalue weighted by Gasteiger charge is -2.24. The van der Waals surface area contributed by atoms with Crippen LogP contribution in [-0.2, 0) is 13.1 Å². The number of nitrogens with one attached hydrogen (secondary N) is 2. The number of methoxy groups -OCH3 is 3. The Labute approximate surface area is 209 Å². The third kappa shape index (κ3) is 5.43. The van der Waals surface area contributed by atoms with Crippen LogP contribution in [0.3, 0.4) is 0 Å². The summed E-state index contributed by atoms with van der Waals surface area (Å²) in [5.41, 5.74) is 3.39. The number of benzene rings is 3. The molecular weight excluding hydrogens is 458 g/mol. The predicted octanol–water partition coefficient (Wildman–Crippen LogP) is 5.10. The quantitative estimate of drug-likeness (QED) is 0.361. The molecule has 0 saturated heterocycles. The molecule has 2 amide bonds. The lowest BCUT2D eigenvalue weighted by molar-refractivity contribution is 0.206. The molecule has 1 aromatic heterocycles. The topological polar surface area (TPSA) is 92.9 Å². The summed E-state index contributed by atoms with van der Waals surface area (Å²) in [5.74, 6) is 1.62. The van der Waals surface area contributed by atoms with Gasteiger partial charge >= 0.3 is 6.03 Å². The van der Waals surface area contributed by atoms with Gasteiger partial charge in [0.05, 0.1) is 39.1 Å².